The molecular weight excluding hydrogens is 366 g/mol. The van der Waals surface area contributed by atoms with Crippen molar-refractivity contribution in [1.29, 1.82) is 5.26 Å². The van der Waals surface area contributed by atoms with Gasteiger partial charge in [-0.15, -0.1) is 0 Å². The molecule has 0 unspecified atom stereocenters. The van der Waals surface area contributed by atoms with Crippen LogP contribution in [0.5, 0.6) is 0 Å². The lowest BCUT2D eigenvalue weighted by Crippen LogP contribution is -2.22. The molecule has 27 heavy (non-hydrogen) atoms. The average Bonchev–Trinajstić information content (AvgIpc) is 2.92. The molecule has 1 aromatic carbocycles. The van der Waals surface area contributed by atoms with Crippen LogP contribution in [0.3, 0.4) is 0 Å². The number of esters is 1. The molecule has 1 amide bonds. The lowest BCUT2D eigenvalue weighted by molar-refractivity contribution is -0.124. The molecule has 0 radical (unpaired) electrons. The number of hydrogen-bond acceptors (Lipinski definition) is 4. The number of aromatic nitrogens is 1. The predicted octanol–water partition coefficient (Wildman–Crippen LogP) is 3.53. The number of aryl methyl sites for hydroxylation is 1. The van der Waals surface area contributed by atoms with E-state index in [1.54, 1.807) is 38.4 Å². The van der Waals surface area contributed by atoms with E-state index in [-0.39, 0.29) is 11.5 Å². The van der Waals surface area contributed by atoms with E-state index in [4.69, 9.17) is 16.3 Å². The first-order chi connectivity index (χ1) is 12.7. The Kier molecular flexibility index (Phi) is 6.09. The van der Waals surface area contributed by atoms with Crippen LogP contribution in [0.25, 0.3) is 11.8 Å². The van der Waals surface area contributed by atoms with E-state index in [9.17, 15) is 14.9 Å². The Morgan fingerprint density at radius 3 is 2.48 bits per heavy atom. The van der Waals surface area contributed by atoms with E-state index < -0.39 is 5.97 Å². The van der Waals surface area contributed by atoms with Gasteiger partial charge in [-0.2, -0.15) is 5.26 Å². The number of carbonyl (C=O) groups excluding carboxylic acids is 2. The van der Waals surface area contributed by atoms with Gasteiger partial charge >= 0.3 is 5.97 Å². The molecule has 2 aromatic rings. The highest BCUT2D eigenvalue weighted by Gasteiger charge is 2.17. The summed E-state index contributed by atoms with van der Waals surface area (Å²) in [5, 5.41) is 9.78. The SMILES string of the molecule is COC(=O)c1ccc(Cl)c(-n2c(C)cc(/C=C(/C#N)C(=O)N(C)C)c2C)c1. The minimum absolute atomic E-state index is 0.0367. The first kappa shape index (κ1) is 20.3. The van der Waals surface area contributed by atoms with Crippen LogP contribution in [0.4, 0.5) is 0 Å². The average molecular weight is 386 g/mol. The maximum Gasteiger partial charge on any atom is 0.337 e. The van der Waals surface area contributed by atoms with Crippen LogP contribution in [-0.2, 0) is 9.53 Å². The van der Waals surface area contributed by atoms with Crippen molar-refractivity contribution >= 4 is 29.6 Å². The molecule has 1 aromatic heterocycles. The normalized spacial score (nSPS) is 11.1. The van der Waals surface area contributed by atoms with Gasteiger partial charge in [0.05, 0.1) is 23.4 Å². The van der Waals surface area contributed by atoms with E-state index in [1.165, 1.54) is 12.0 Å². The van der Waals surface area contributed by atoms with E-state index in [2.05, 4.69) is 0 Å². The molecule has 6 nitrogen and oxygen atoms in total. The van der Waals surface area contributed by atoms with Crippen LogP contribution >= 0.6 is 11.6 Å². The van der Waals surface area contributed by atoms with Crippen molar-refractivity contribution in [3.63, 3.8) is 0 Å². The summed E-state index contributed by atoms with van der Waals surface area (Å²) >= 11 is 6.36. The molecule has 0 saturated heterocycles. The summed E-state index contributed by atoms with van der Waals surface area (Å²) in [6, 6.07) is 8.68. The van der Waals surface area contributed by atoms with Gasteiger partial charge in [0.25, 0.3) is 5.91 Å². The van der Waals surface area contributed by atoms with E-state index in [0.29, 0.717) is 16.3 Å². The molecule has 0 fully saturated rings. The Balaban J connectivity index is 2.62. The molecule has 0 N–H and O–H groups in total. The highest BCUT2D eigenvalue weighted by Crippen LogP contribution is 2.29. The molecule has 0 atom stereocenters. The van der Waals surface area contributed by atoms with Crippen LogP contribution in [0.2, 0.25) is 5.02 Å². The van der Waals surface area contributed by atoms with Gasteiger partial charge in [-0.25, -0.2) is 4.79 Å². The number of amides is 1. The highest BCUT2D eigenvalue weighted by molar-refractivity contribution is 6.32. The molecule has 0 aliphatic rings. The second kappa shape index (κ2) is 8.11. The third-order valence-corrected chi connectivity index (χ3v) is 4.45. The number of hydrogen-bond donors (Lipinski definition) is 0. The Hall–Kier alpha value is -3.04. The lowest BCUT2D eigenvalue weighted by atomic mass is 10.1. The van der Waals surface area contributed by atoms with Crippen LogP contribution in [0.1, 0.15) is 27.3 Å². The predicted molar refractivity (Wildman–Crippen MR) is 104 cm³/mol. The summed E-state index contributed by atoms with van der Waals surface area (Å²) in [6.07, 6.45) is 1.55. The zero-order valence-electron chi connectivity index (χ0n) is 15.8. The number of halogens is 1. The molecule has 140 valence electrons. The van der Waals surface area contributed by atoms with Crippen LogP contribution in [0, 0.1) is 25.2 Å². The fourth-order valence-corrected chi connectivity index (χ4v) is 2.97. The summed E-state index contributed by atoms with van der Waals surface area (Å²) in [4.78, 5) is 25.3. The second-order valence-electron chi connectivity index (χ2n) is 6.19. The number of ether oxygens (including phenoxy) is 1. The maximum atomic E-state index is 12.1. The molecule has 0 bridgehead atoms. The third kappa shape index (κ3) is 4.04. The number of methoxy groups -OCH3 is 1. The van der Waals surface area contributed by atoms with Crippen LogP contribution in [0.15, 0.2) is 29.8 Å². The van der Waals surface area contributed by atoms with Crippen molar-refractivity contribution in [2.45, 2.75) is 13.8 Å². The second-order valence-corrected chi connectivity index (χ2v) is 6.60. The van der Waals surface area contributed by atoms with Gasteiger partial charge in [0.15, 0.2) is 0 Å². The monoisotopic (exact) mass is 385 g/mol. The van der Waals surface area contributed by atoms with Gasteiger partial charge in [-0.1, -0.05) is 11.6 Å². The Bertz CT molecular complexity index is 981. The largest absolute Gasteiger partial charge is 0.465 e. The molecular formula is C20H20ClN3O3. The van der Waals surface area contributed by atoms with Crippen LogP contribution < -0.4 is 0 Å². The fraction of sp³-hybridized carbons (Fsp3) is 0.250. The summed E-state index contributed by atoms with van der Waals surface area (Å²) in [5.74, 6) is -0.827. The standard InChI is InChI=1S/C20H20ClN3O3/c1-12-8-15(9-16(11-22)19(25)23(3)4)13(2)24(12)18-10-14(20(26)27-5)6-7-17(18)21/h6-10H,1-5H3/b16-9-. The van der Waals surface area contributed by atoms with Crippen molar-refractivity contribution in [3.8, 4) is 11.8 Å². The minimum atomic E-state index is -0.459. The highest BCUT2D eigenvalue weighted by atomic mass is 35.5. The first-order valence-electron chi connectivity index (χ1n) is 8.11. The number of nitriles is 1. The zero-order chi connectivity index (χ0) is 20.3. The van der Waals surface area contributed by atoms with Gasteiger partial charge in [0, 0.05) is 25.5 Å². The minimum Gasteiger partial charge on any atom is -0.465 e. The van der Waals surface area contributed by atoms with Crippen molar-refractivity contribution in [3.05, 3.63) is 57.4 Å². The topological polar surface area (TPSA) is 75.3 Å². The molecule has 0 aliphatic carbocycles. The quantitative estimate of drug-likeness (QED) is 0.458. The summed E-state index contributed by atoms with van der Waals surface area (Å²) < 4.78 is 6.64. The molecule has 7 heteroatoms. The number of rotatable bonds is 4. The summed E-state index contributed by atoms with van der Waals surface area (Å²) in [7, 11) is 4.50. The smallest absolute Gasteiger partial charge is 0.337 e. The van der Waals surface area contributed by atoms with E-state index in [1.807, 2.05) is 30.6 Å². The molecule has 0 saturated carbocycles. The maximum absolute atomic E-state index is 12.1. The van der Waals surface area contributed by atoms with Crippen molar-refractivity contribution < 1.29 is 14.3 Å². The Morgan fingerprint density at radius 1 is 1.26 bits per heavy atom. The van der Waals surface area contributed by atoms with Gasteiger partial charge in [0.1, 0.15) is 11.6 Å². The number of benzene rings is 1. The van der Waals surface area contributed by atoms with Crippen molar-refractivity contribution in [1.82, 2.24) is 9.47 Å². The summed E-state index contributed by atoms with van der Waals surface area (Å²) in [6.45, 7) is 3.74. The number of carbonyl (C=O) groups is 2. The number of likely N-dealkylation sites (N-methyl/N-ethyl adjacent to an activating group) is 1. The summed E-state index contributed by atoms with van der Waals surface area (Å²) in [5.41, 5.74) is 3.38. The molecule has 2 rings (SSSR count). The van der Waals surface area contributed by atoms with E-state index in [0.717, 1.165) is 17.0 Å². The van der Waals surface area contributed by atoms with E-state index >= 15 is 0 Å². The molecule has 1 heterocycles. The first-order valence-corrected chi connectivity index (χ1v) is 8.49. The molecule has 0 spiro atoms. The fourth-order valence-electron chi connectivity index (χ4n) is 2.77. The lowest BCUT2D eigenvalue weighted by Gasteiger charge is -2.13. The number of nitrogens with zero attached hydrogens (tertiary/aromatic N) is 3. The Labute approximate surface area is 163 Å². The van der Waals surface area contributed by atoms with Gasteiger partial charge in [0.2, 0.25) is 0 Å². The third-order valence-electron chi connectivity index (χ3n) is 4.14. The van der Waals surface area contributed by atoms with Crippen molar-refractivity contribution in [2.24, 2.45) is 0 Å². The van der Waals surface area contributed by atoms with Crippen molar-refractivity contribution in [2.75, 3.05) is 21.2 Å². The Morgan fingerprint density at radius 2 is 1.93 bits per heavy atom. The van der Waals surface area contributed by atoms with Crippen LogP contribution in [-0.4, -0.2) is 42.5 Å². The van der Waals surface area contributed by atoms with Gasteiger partial charge in [-0.05, 0) is 49.8 Å². The zero-order valence-corrected chi connectivity index (χ0v) is 16.6. The molecule has 0 aliphatic heterocycles. The van der Waals surface area contributed by atoms with Gasteiger partial charge < -0.3 is 14.2 Å². The van der Waals surface area contributed by atoms with Gasteiger partial charge in [-0.3, -0.25) is 4.79 Å².